The number of carboxylic acid groups (broad SMARTS) is 1. The van der Waals surface area contributed by atoms with Gasteiger partial charge in [0.05, 0.1) is 0 Å². The van der Waals surface area contributed by atoms with E-state index in [-0.39, 0.29) is 49.8 Å². The Balaban J connectivity index is 1.32. The number of alkyl carbamates (subject to hydrolysis) is 1. The number of ether oxygens (including phenoxy) is 1. The number of aliphatic carboxylic acids is 1. The zero-order valence-corrected chi connectivity index (χ0v) is 18.9. The summed E-state index contributed by atoms with van der Waals surface area (Å²) in [5.41, 5.74) is 4.58. The molecule has 2 aromatic rings. The maximum absolute atomic E-state index is 12.7. The maximum atomic E-state index is 12.7. The molecule has 0 saturated heterocycles. The number of aliphatic hydroxyl groups is 1. The quantitative estimate of drug-likeness (QED) is 0.427. The molecule has 2 aliphatic carbocycles. The third-order valence-corrected chi connectivity index (χ3v) is 6.80. The number of aliphatic hydroxyl groups excluding tert-OH is 1. The smallest absolute Gasteiger partial charge is 0.407 e. The molecule has 8 heteroatoms. The number of fused-ring (bicyclic) bond motifs is 3. The summed E-state index contributed by atoms with van der Waals surface area (Å²) in [5.74, 6) is -1.45. The molecule has 2 atom stereocenters. The van der Waals surface area contributed by atoms with E-state index in [1.807, 2.05) is 24.3 Å². The first-order valence-electron chi connectivity index (χ1n) is 11.7. The van der Waals surface area contributed by atoms with Crippen molar-refractivity contribution < 1.29 is 29.3 Å². The average molecular weight is 467 g/mol. The summed E-state index contributed by atoms with van der Waals surface area (Å²) < 4.78 is 5.63. The second-order valence-electron chi connectivity index (χ2n) is 8.96. The van der Waals surface area contributed by atoms with Crippen LogP contribution in [-0.2, 0) is 14.3 Å². The molecule has 4 rings (SSSR count). The second kappa shape index (κ2) is 10.7. The van der Waals surface area contributed by atoms with Crippen LogP contribution < -0.4 is 10.6 Å². The van der Waals surface area contributed by atoms with Crippen molar-refractivity contribution in [2.24, 2.45) is 5.92 Å². The molecule has 1 fully saturated rings. The standard InChI is InChI=1S/C26H30N2O6/c29-23(25(31)32)12-13-27-24(30)14-22(16-6-5-7-16)28-26(33)34-15-21-19-10-3-1-8-17(19)18-9-2-4-11-20(18)21/h1-4,8-11,16,21-23,29H,5-7,12-15H2,(H,27,30)(H,28,33)(H,31,32). The Morgan fingerprint density at radius 3 is 2.18 bits per heavy atom. The summed E-state index contributed by atoms with van der Waals surface area (Å²) in [4.78, 5) is 35.7. The van der Waals surface area contributed by atoms with Crippen LogP contribution in [0.25, 0.3) is 11.1 Å². The lowest BCUT2D eigenvalue weighted by Gasteiger charge is -2.33. The van der Waals surface area contributed by atoms with E-state index in [1.165, 1.54) is 0 Å². The summed E-state index contributed by atoms with van der Waals surface area (Å²) in [6.07, 6.45) is 0.862. The molecule has 0 aromatic heterocycles. The molecule has 2 unspecified atom stereocenters. The van der Waals surface area contributed by atoms with Crippen molar-refractivity contribution in [1.29, 1.82) is 0 Å². The lowest BCUT2D eigenvalue weighted by molar-refractivity contribution is -0.147. The van der Waals surface area contributed by atoms with Crippen LogP contribution in [0, 0.1) is 5.92 Å². The van der Waals surface area contributed by atoms with Gasteiger partial charge in [-0.3, -0.25) is 4.79 Å². The molecule has 2 aliphatic rings. The van der Waals surface area contributed by atoms with Crippen molar-refractivity contribution in [3.8, 4) is 11.1 Å². The van der Waals surface area contributed by atoms with Crippen LogP contribution in [0.5, 0.6) is 0 Å². The normalized spacial score (nSPS) is 16.5. The molecule has 0 bridgehead atoms. The molecule has 0 heterocycles. The monoisotopic (exact) mass is 466 g/mol. The Morgan fingerprint density at radius 1 is 1.00 bits per heavy atom. The Hall–Kier alpha value is -3.39. The van der Waals surface area contributed by atoms with Gasteiger partial charge in [-0.1, -0.05) is 55.0 Å². The van der Waals surface area contributed by atoms with Gasteiger partial charge >= 0.3 is 12.1 Å². The van der Waals surface area contributed by atoms with E-state index in [2.05, 4.69) is 34.9 Å². The number of carbonyl (C=O) groups is 3. The van der Waals surface area contributed by atoms with Gasteiger partial charge in [-0.25, -0.2) is 9.59 Å². The number of hydrogen-bond acceptors (Lipinski definition) is 5. The van der Waals surface area contributed by atoms with E-state index in [4.69, 9.17) is 9.84 Å². The van der Waals surface area contributed by atoms with Gasteiger partial charge in [0, 0.05) is 31.3 Å². The number of rotatable bonds is 10. The van der Waals surface area contributed by atoms with Crippen molar-refractivity contribution in [3.63, 3.8) is 0 Å². The summed E-state index contributed by atoms with van der Waals surface area (Å²) >= 11 is 0. The number of hydrogen-bond donors (Lipinski definition) is 4. The number of carbonyl (C=O) groups excluding carboxylic acids is 2. The van der Waals surface area contributed by atoms with Crippen LogP contribution in [0.2, 0.25) is 0 Å². The Morgan fingerprint density at radius 2 is 1.62 bits per heavy atom. The Labute approximate surface area is 198 Å². The highest BCUT2D eigenvalue weighted by Crippen LogP contribution is 2.44. The van der Waals surface area contributed by atoms with Gasteiger partial charge in [0.1, 0.15) is 6.61 Å². The highest BCUT2D eigenvalue weighted by molar-refractivity contribution is 5.80. The SMILES string of the molecule is O=C(CC(NC(=O)OCC1c2ccccc2-c2ccccc21)C1CCC1)NCCC(O)C(=O)O. The molecule has 1 saturated carbocycles. The van der Waals surface area contributed by atoms with Gasteiger partial charge in [0.15, 0.2) is 6.10 Å². The fourth-order valence-electron chi connectivity index (χ4n) is 4.71. The van der Waals surface area contributed by atoms with Gasteiger partial charge in [0.2, 0.25) is 5.91 Å². The van der Waals surface area contributed by atoms with Crippen LogP contribution in [0.3, 0.4) is 0 Å². The van der Waals surface area contributed by atoms with Crippen LogP contribution in [0.1, 0.15) is 49.1 Å². The van der Waals surface area contributed by atoms with E-state index < -0.39 is 18.2 Å². The van der Waals surface area contributed by atoms with E-state index >= 15 is 0 Å². The molecule has 8 nitrogen and oxygen atoms in total. The van der Waals surface area contributed by atoms with Crippen LogP contribution >= 0.6 is 0 Å². The van der Waals surface area contributed by atoms with Crippen molar-refractivity contribution in [3.05, 3.63) is 59.7 Å². The van der Waals surface area contributed by atoms with Crippen molar-refractivity contribution in [1.82, 2.24) is 10.6 Å². The predicted octanol–water partition coefficient (Wildman–Crippen LogP) is 3.04. The molecule has 34 heavy (non-hydrogen) atoms. The lowest BCUT2D eigenvalue weighted by atomic mass is 9.78. The van der Waals surface area contributed by atoms with Crippen molar-refractivity contribution in [2.75, 3.05) is 13.2 Å². The zero-order chi connectivity index (χ0) is 24.1. The predicted molar refractivity (Wildman–Crippen MR) is 125 cm³/mol. The Kier molecular flexibility index (Phi) is 7.47. The Bertz CT molecular complexity index is 1010. The molecule has 2 amide bonds. The second-order valence-corrected chi connectivity index (χ2v) is 8.96. The van der Waals surface area contributed by atoms with Crippen LogP contribution in [0.4, 0.5) is 4.79 Å². The largest absolute Gasteiger partial charge is 0.479 e. The van der Waals surface area contributed by atoms with Crippen LogP contribution in [0.15, 0.2) is 48.5 Å². The molecular weight excluding hydrogens is 436 g/mol. The highest BCUT2D eigenvalue weighted by Gasteiger charge is 2.32. The van der Waals surface area contributed by atoms with E-state index in [9.17, 15) is 19.5 Å². The van der Waals surface area contributed by atoms with Gasteiger partial charge in [0.25, 0.3) is 0 Å². The number of benzene rings is 2. The molecule has 180 valence electrons. The fraction of sp³-hybridized carbons (Fsp3) is 0.423. The molecule has 0 aliphatic heterocycles. The summed E-state index contributed by atoms with van der Waals surface area (Å²) in [5, 5.41) is 23.5. The number of carboxylic acids is 1. The minimum Gasteiger partial charge on any atom is -0.479 e. The van der Waals surface area contributed by atoms with Gasteiger partial charge < -0.3 is 25.6 Å². The van der Waals surface area contributed by atoms with Crippen molar-refractivity contribution in [2.45, 2.75) is 50.2 Å². The minimum absolute atomic E-state index is 0.0377. The zero-order valence-electron chi connectivity index (χ0n) is 18.9. The summed E-state index contributed by atoms with van der Waals surface area (Å²) in [6.45, 7) is 0.255. The van der Waals surface area contributed by atoms with Gasteiger partial charge in [-0.05, 0) is 41.0 Å². The van der Waals surface area contributed by atoms with E-state index in [0.29, 0.717) is 0 Å². The molecular formula is C26H30N2O6. The maximum Gasteiger partial charge on any atom is 0.407 e. The first kappa shape index (κ1) is 23.8. The average Bonchev–Trinajstić information content (AvgIpc) is 3.10. The summed E-state index contributed by atoms with van der Waals surface area (Å²) in [7, 11) is 0. The van der Waals surface area contributed by atoms with Crippen molar-refractivity contribution >= 4 is 18.0 Å². The lowest BCUT2D eigenvalue weighted by Crippen LogP contribution is -2.46. The first-order chi connectivity index (χ1) is 16.4. The number of amides is 2. The first-order valence-corrected chi connectivity index (χ1v) is 11.7. The minimum atomic E-state index is -1.51. The topological polar surface area (TPSA) is 125 Å². The van der Waals surface area contributed by atoms with Gasteiger partial charge in [-0.2, -0.15) is 0 Å². The summed E-state index contributed by atoms with van der Waals surface area (Å²) in [6, 6.07) is 15.9. The molecule has 4 N–H and O–H groups in total. The third-order valence-electron chi connectivity index (χ3n) is 6.80. The number of nitrogens with one attached hydrogen (secondary N) is 2. The van der Waals surface area contributed by atoms with Crippen LogP contribution in [-0.4, -0.2) is 53.5 Å². The fourth-order valence-corrected chi connectivity index (χ4v) is 4.71. The molecule has 0 spiro atoms. The van der Waals surface area contributed by atoms with E-state index in [0.717, 1.165) is 41.5 Å². The van der Waals surface area contributed by atoms with Gasteiger partial charge in [-0.15, -0.1) is 0 Å². The van der Waals surface area contributed by atoms with E-state index in [1.54, 1.807) is 0 Å². The molecule has 0 radical (unpaired) electrons. The third kappa shape index (κ3) is 5.39. The molecule has 2 aromatic carbocycles. The highest BCUT2D eigenvalue weighted by atomic mass is 16.5.